The van der Waals surface area contributed by atoms with Crippen LogP contribution in [0.1, 0.15) is 25.8 Å². The lowest BCUT2D eigenvalue weighted by atomic mass is 10.2. The van der Waals surface area contributed by atoms with Gasteiger partial charge in [-0.15, -0.1) is 5.10 Å². The summed E-state index contributed by atoms with van der Waals surface area (Å²) in [5, 5.41) is 15.2. The number of aryl methyl sites for hydroxylation is 1. The van der Waals surface area contributed by atoms with E-state index in [9.17, 15) is 4.79 Å². The Morgan fingerprint density at radius 2 is 2.19 bits per heavy atom. The van der Waals surface area contributed by atoms with Crippen molar-refractivity contribution in [1.82, 2.24) is 25.5 Å². The molecule has 0 saturated heterocycles. The Balaban J connectivity index is 2.05. The molecule has 1 heterocycles. The van der Waals surface area contributed by atoms with Gasteiger partial charge in [-0.1, -0.05) is 36.9 Å². The van der Waals surface area contributed by atoms with Gasteiger partial charge in [0.15, 0.2) is 0 Å². The number of carbonyl (C=O) groups is 1. The van der Waals surface area contributed by atoms with Gasteiger partial charge in [0.2, 0.25) is 11.1 Å². The first-order valence-electron chi connectivity index (χ1n) is 6.88. The van der Waals surface area contributed by atoms with Crippen LogP contribution in [0.25, 0.3) is 5.69 Å². The Labute approximate surface area is 128 Å². The fourth-order valence-electron chi connectivity index (χ4n) is 1.77. The van der Waals surface area contributed by atoms with E-state index in [1.165, 1.54) is 11.8 Å². The standard InChI is InChI=1S/C14H19N5OS/c1-4-11(3)15-13(20)9-21-14-16-17-18-19(14)12-8-6-5-7-10(12)2/h5-8,11H,4,9H2,1-3H3,(H,15,20)/t11-/m1/s1. The smallest absolute Gasteiger partial charge is 0.230 e. The van der Waals surface area contributed by atoms with E-state index in [0.717, 1.165) is 17.7 Å². The third-order valence-corrected chi connectivity index (χ3v) is 4.06. The number of nitrogens with one attached hydrogen (secondary N) is 1. The number of aromatic nitrogens is 4. The second-order valence-corrected chi connectivity index (χ2v) is 5.77. The summed E-state index contributed by atoms with van der Waals surface area (Å²) in [5.74, 6) is 0.296. The molecule has 2 rings (SSSR count). The number of benzene rings is 1. The van der Waals surface area contributed by atoms with Crippen LogP contribution in [-0.2, 0) is 4.79 Å². The minimum absolute atomic E-state index is 0.00585. The molecule has 7 heteroatoms. The molecule has 0 unspecified atom stereocenters. The molecule has 21 heavy (non-hydrogen) atoms. The van der Waals surface area contributed by atoms with Gasteiger partial charge in [0.05, 0.1) is 11.4 Å². The number of para-hydroxylation sites is 1. The predicted molar refractivity (Wildman–Crippen MR) is 82.5 cm³/mol. The number of hydrogen-bond acceptors (Lipinski definition) is 5. The Bertz CT molecular complexity index is 613. The molecule has 1 aromatic heterocycles. The van der Waals surface area contributed by atoms with Crippen LogP contribution < -0.4 is 5.32 Å². The van der Waals surface area contributed by atoms with Gasteiger partial charge in [0, 0.05) is 6.04 Å². The number of nitrogens with zero attached hydrogens (tertiary/aromatic N) is 4. The third kappa shape index (κ3) is 4.04. The third-order valence-electron chi connectivity index (χ3n) is 3.14. The number of tetrazole rings is 1. The van der Waals surface area contributed by atoms with Crippen molar-refractivity contribution in [2.75, 3.05) is 5.75 Å². The molecule has 112 valence electrons. The van der Waals surface area contributed by atoms with Crippen LogP contribution in [0.2, 0.25) is 0 Å². The lowest BCUT2D eigenvalue weighted by Crippen LogP contribution is -2.33. The zero-order valence-corrected chi connectivity index (χ0v) is 13.2. The van der Waals surface area contributed by atoms with Crippen LogP contribution in [-0.4, -0.2) is 37.9 Å². The number of rotatable bonds is 6. The SMILES string of the molecule is CC[C@@H](C)NC(=O)CSc1nnnn1-c1ccccc1C. The van der Waals surface area contributed by atoms with Gasteiger partial charge in [-0.3, -0.25) is 4.79 Å². The maximum absolute atomic E-state index is 11.8. The van der Waals surface area contributed by atoms with Crippen LogP contribution in [0.3, 0.4) is 0 Å². The molecule has 1 aromatic carbocycles. The summed E-state index contributed by atoms with van der Waals surface area (Å²) in [4.78, 5) is 11.8. The molecule has 0 spiro atoms. The highest BCUT2D eigenvalue weighted by atomic mass is 32.2. The molecule has 0 aliphatic carbocycles. The van der Waals surface area contributed by atoms with Crippen molar-refractivity contribution in [3.8, 4) is 5.69 Å². The van der Waals surface area contributed by atoms with Crippen LogP contribution in [0.5, 0.6) is 0 Å². The highest BCUT2D eigenvalue weighted by molar-refractivity contribution is 7.99. The first kappa shape index (κ1) is 15.5. The first-order valence-corrected chi connectivity index (χ1v) is 7.87. The fraction of sp³-hybridized carbons (Fsp3) is 0.429. The molecule has 0 radical (unpaired) electrons. The number of hydrogen-bond donors (Lipinski definition) is 1. The molecule has 0 bridgehead atoms. The van der Waals surface area contributed by atoms with E-state index >= 15 is 0 Å². The van der Waals surface area contributed by atoms with Crippen molar-refractivity contribution in [2.24, 2.45) is 0 Å². The molecule has 1 atom stereocenters. The highest BCUT2D eigenvalue weighted by Gasteiger charge is 2.13. The zero-order valence-electron chi connectivity index (χ0n) is 12.4. The van der Waals surface area contributed by atoms with Gasteiger partial charge in [-0.05, 0) is 42.3 Å². The van der Waals surface area contributed by atoms with E-state index in [1.807, 2.05) is 45.0 Å². The molecule has 0 aliphatic rings. The number of thioether (sulfide) groups is 1. The van der Waals surface area contributed by atoms with Crippen molar-refractivity contribution >= 4 is 17.7 Å². The van der Waals surface area contributed by atoms with Gasteiger partial charge in [-0.2, -0.15) is 4.68 Å². The van der Waals surface area contributed by atoms with Gasteiger partial charge in [-0.25, -0.2) is 0 Å². The highest BCUT2D eigenvalue weighted by Crippen LogP contribution is 2.20. The number of amides is 1. The second kappa shape index (κ2) is 7.21. The maximum Gasteiger partial charge on any atom is 0.230 e. The van der Waals surface area contributed by atoms with Crippen molar-refractivity contribution < 1.29 is 4.79 Å². The van der Waals surface area contributed by atoms with E-state index in [1.54, 1.807) is 4.68 Å². The molecule has 0 aliphatic heterocycles. The first-order chi connectivity index (χ1) is 10.1. The molecular formula is C14H19N5OS. The molecule has 1 amide bonds. The summed E-state index contributed by atoms with van der Waals surface area (Å²) in [6.07, 6.45) is 0.914. The monoisotopic (exact) mass is 305 g/mol. The Kier molecular flexibility index (Phi) is 5.32. The van der Waals surface area contributed by atoms with Crippen LogP contribution in [0.4, 0.5) is 0 Å². The largest absolute Gasteiger partial charge is 0.353 e. The lowest BCUT2D eigenvalue weighted by Gasteiger charge is -2.11. The average molecular weight is 305 g/mol. The quantitative estimate of drug-likeness (QED) is 0.826. The molecular weight excluding hydrogens is 286 g/mol. The van der Waals surface area contributed by atoms with Crippen molar-refractivity contribution in [3.63, 3.8) is 0 Å². The molecule has 0 fully saturated rings. The zero-order chi connectivity index (χ0) is 15.2. The minimum Gasteiger partial charge on any atom is -0.353 e. The Morgan fingerprint density at radius 3 is 2.90 bits per heavy atom. The molecule has 6 nitrogen and oxygen atoms in total. The lowest BCUT2D eigenvalue weighted by molar-refractivity contribution is -0.119. The summed E-state index contributed by atoms with van der Waals surface area (Å²) >= 11 is 1.33. The van der Waals surface area contributed by atoms with Crippen molar-refractivity contribution in [1.29, 1.82) is 0 Å². The van der Waals surface area contributed by atoms with E-state index < -0.39 is 0 Å². The maximum atomic E-state index is 11.8. The van der Waals surface area contributed by atoms with Gasteiger partial charge < -0.3 is 5.32 Å². The topological polar surface area (TPSA) is 72.7 Å². The minimum atomic E-state index is -0.00585. The molecule has 0 saturated carbocycles. The van der Waals surface area contributed by atoms with Crippen LogP contribution >= 0.6 is 11.8 Å². The van der Waals surface area contributed by atoms with E-state index in [-0.39, 0.29) is 11.9 Å². The van der Waals surface area contributed by atoms with Gasteiger partial charge in [0.25, 0.3) is 0 Å². The summed E-state index contributed by atoms with van der Waals surface area (Å²) in [6, 6.07) is 8.05. The van der Waals surface area contributed by atoms with Gasteiger partial charge in [0.1, 0.15) is 0 Å². The van der Waals surface area contributed by atoms with E-state index in [2.05, 4.69) is 20.8 Å². The fourth-order valence-corrected chi connectivity index (χ4v) is 2.46. The second-order valence-electron chi connectivity index (χ2n) is 4.83. The van der Waals surface area contributed by atoms with Crippen LogP contribution in [0, 0.1) is 6.92 Å². The summed E-state index contributed by atoms with van der Waals surface area (Å²) in [6.45, 7) is 6.03. The van der Waals surface area contributed by atoms with Crippen molar-refractivity contribution in [3.05, 3.63) is 29.8 Å². The summed E-state index contributed by atoms with van der Waals surface area (Å²) in [5.41, 5.74) is 2.00. The average Bonchev–Trinajstić information content (AvgIpc) is 2.93. The Morgan fingerprint density at radius 1 is 1.43 bits per heavy atom. The van der Waals surface area contributed by atoms with E-state index in [0.29, 0.717) is 10.9 Å². The Hall–Kier alpha value is -1.89. The predicted octanol–water partition coefficient (Wildman–Crippen LogP) is 1.98. The van der Waals surface area contributed by atoms with E-state index in [4.69, 9.17) is 0 Å². The van der Waals surface area contributed by atoms with Crippen molar-refractivity contribution in [2.45, 2.75) is 38.4 Å². The normalized spacial score (nSPS) is 12.1. The van der Waals surface area contributed by atoms with Crippen LogP contribution in [0.15, 0.2) is 29.4 Å². The number of carbonyl (C=O) groups excluding carboxylic acids is 1. The van der Waals surface area contributed by atoms with Gasteiger partial charge >= 0.3 is 0 Å². The molecule has 2 aromatic rings. The summed E-state index contributed by atoms with van der Waals surface area (Å²) in [7, 11) is 0. The summed E-state index contributed by atoms with van der Waals surface area (Å²) < 4.78 is 1.66. The molecule has 1 N–H and O–H groups in total.